The fraction of sp³-hybridized carbons (Fsp3) is 0.235. The standard InChI is InChI=1S/C17H13ClN4O2/c1-23-17-12-7-11(3-4-13(12)21-22-17)24-14-5-2-9-6-10(8-19)16(18)20-15(9)14/h3-4,6-7,14H,2,5H2,1H3,(H,21,22)/t14-/m0/s1. The van der Waals surface area contributed by atoms with Gasteiger partial charge in [-0.05, 0) is 42.7 Å². The van der Waals surface area contributed by atoms with Gasteiger partial charge in [0.15, 0.2) is 0 Å². The van der Waals surface area contributed by atoms with Gasteiger partial charge in [0.1, 0.15) is 23.1 Å². The second kappa shape index (κ2) is 5.69. The predicted molar refractivity (Wildman–Crippen MR) is 88.3 cm³/mol. The smallest absolute Gasteiger partial charge is 0.240 e. The molecule has 1 aromatic carbocycles. The van der Waals surface area contributed by atoms with Crippen LogP contribution in [-0.2, 0) is 6.42 Å². The van der Waals surface area contributed by atoms with E-state index < -0.39 is 0 Å². The minimum Gasteiger partial charge on any atom is -0.484 e. The molecule has 7 heteroatoms. The van der Waals surface area contributed by atoms with Crippen molar-refractivity contribution in [1.82, 2.24) is 15.2 Å². The Morgan fingerprint density at radius 3 is 3.04 bits per heavy atom. The topological polar surface area (TPSA) is 83.8 Å². The van der Waals surface area contributed by atoms with Gasteiger partial charge in [0.25, 0.3) is 0 Å². The Morgan fingerprint density at radius 2 is 2.25 bits per heavy atom. The molecule has 24 heavy (non-hydrogen) atoms. The number of ether oxygens (including phenoxy) is 2. The second-order valence-corrected chi connectivity index (χ2v) is 5.93. The molecule has 4 rings (SSSR count). The van der Waals surface area contributed by atoms with Crippen LogP contribution in [0.5, 0.6) is 11.6 Å². The first-order valence-corrected chi connectivity index (χ1v) is 7.85. The third-order valence-electron chi connectivity index (χ3n) is 4.16. The highest BCUT2D eigenvalue weighted by Crippen LogP contribution is 2.36. The molecule has 0 saturated heterocycles. The van der Waals surface area contributed by atoms with Crippen molar-refractivity contribution >= 4 is 22.5 Å². The number of aromatic nitrogens is 3. The Labute approximate surface area is 143 Å². The molecule has 0 unspecified atom stereocenters. The monoisotopic (exact) mass is 340 g/mol. The molecule has 0 spiro atoms. The molecule has 0 saturated carbocycles. The molecule has 0 amide bonds. The zero-order valence-corrected chi connectivity index (χ0v) is 13.6. The van der Waals surface area contributed by atoms with Gasteiger partial charge in [-0.1, -0.05) is 11.6 Å². The zero-order valence-electron chi connectivity index (χ0n) is 12.8. The summed E-state index contributed by atoms with van der Waals surface area (Å²) >= 11 is 6.06. The van der Waals surface area contributed by atoms with E-state index in [1.54, 1.807) is 13.2 Å². The van der Waals surface area contributed by atoms with Crippen molar-refractivity contribution in [1.29, 1.82) is 5.26 Å². The molecule has 3 aromatic rings. The van der Waals surface area contributed by atoms with E-state index in [1.807, 2.05) is 18.2 Å². The maximum absolute atomic E-state index is 9.05. The molecule has 1 atom stereocenters. The number of H-pyrrole nitrogens is 1. The number of methoxy groups -OCH3 is 1. The lowest BCUT2D eigenvalue weighted by Gasteiger charge is -2.14. The Hall–Kier alpha value is -2.78. The normalized spacial score (nSPS) is 16.0. The molecule has 1 N–H and O–H groups in total. The molecule has 2 heterocycles. The molecule has 6 nitrogen and oxygen atoms in total. The van der Waals surface area contributed by atoms with E-state index in [1.165, 1.54) is 0 Å². The lowest BCUT2D eigenvalue weighted by Crippen LogP contribution is -2.06. The van der Waals surface area contributed by atoms with E-state index in [-0.39, 0.29) is 11.3 Å². The van der Waals surface area contributed by atoms with E-state index >= 15 is 0 Å². The van der Waals surface area contributed by atoms with Gasteiger partial charge >= 0.3 is 0 Å². The molecular weight excluding hydrogens is 328 g/mol. The van der Waals surface area contributed by atoms with E-state index in [9.17, 15) is 0 Å². The summed E-state index contributed by atoms with van der Waals surface area (Å²) in [5.74, 6) is 1.24. The third kappa shape index (κ3) is 2.34. The van der Waals surface area contributed by atoms with E-state index in [2.05, 4.69) is 21.3 Å². The molecule has 0 bridgehead atoms. The summed E-state index contributed by atoms with van der Waals surface area (Å²) in [7, 11) is 1.58. The second-order valence-electron chi connectivity index (χ2n) is 5.57. The summed E-state index contributed by atoms with van der Waals surface area (Å²) < 4.78 is 11.3. The van der Waals surface area contributed by atoms with E-state index in [0.29, 0.717) is 17.2 Å². The molecule has 1 aliphatic rings. The highest BCUT2D eigenvalue weighted by Gasteiger charge is 2.27. The Balaban J connectivity index is 1.66. The number of aryl methyl sites for hydroxylation is 1. The number of benzene rings is 1. The number of aromatic amines is 1. The van der Waals surface area contributed by atoms with Gasteiger partial charge in [-0.15, -0.1) is 5.10 Å². The molecule has 0 fully saturated rings. The molecule has 1 aliphatic carbocycles. The largest absolute Gasteiger partial charge is 0.484 e. The highest BCUT2D eigenvalue weighted by atomic mass is 35.5. The van der Waals surface area contributed by atoms with Crippen LogP contribution in [0.15, 0.2) is 24.3 Å². The zero-order chi connectivity index (χ0) is 16.7. The molecular formula is C17H13ClN4O2. The average Bonchev–Trinajstić information content (AvgIpc) is 3.18. The van der Waals surface area contributed by atoms with E-state index in [0.717, 1.165) is 35.0 Å². The maximum atomic E-state index is 9.05. The van der Waals surface area contributed by atoms with Crippen LogP contribution >= 0.6 is 11.6 Å². The number of pyridine rings is 1. The van der Waals surface area contributed by atoms with Crippen molar-refractivity contribution in [2.45, 2.75) is 18.9 Å². The molecule has 120 valence electrons. The van der Waals surface area contributed by atoms with Gasteiger partial charge in [0.2, 0.25) is 5.88 Å². The minimum absolute atomic E-state index is 0.180. The Bertz CT molecular complexity index is 977. The number of nitrogens with zero attached hydrogens (tertiary/aromatic N) is 3. The molecule has 0 aliphatic heterocycles. The number of hydrogen-bond donors (Lipinski definition) is 1. The van der Waals surface area contributed by atoms with Crippen LogP contribution in [0.3, 0.4) is 0 Å². The van der Waals surface area contributed by atoms with Crippen molar-refractivity contribution in [2.24, 2.45) is 0 Å². The van der Waals surface area contributed by atoms with Crippen LogP contribution in [-0.4, -0.2) is 22.3 Å². The third-order valence-corrected chi connectivity index (χ3v) is 4.45. The van der Waals surface area contributed by atoms with Crippen LogP contribution in [0, 0.1) is 11.3 Å². The first-order valence-electron chi connectivity index (χ1n) is 7.48. The quantitative estimate of drug-likeness (QED) is 0.737. The van der Waals surface area contributed by atoms with E-state index in [4.69, 9.17) is 26.3 Å². The van der Waals surface area contributed by atoms with Gasteiger partial charge in [-0.3, -0.25) is 5.10 Å². The SMILES string of the molecule is COc1n[nH]c2ccc(O[C@H]3CCc4cc(C#N)c(Cl)nc43)cc12. The fourth-order valence-corrected chi connectivity index (χ4v) is 3.19. The number of nitrogens with one attached hydrogen (secondary N) is 1. The number of rotatable bonds is 3. The number of nitriles is 1. The van der Waals surface area contributed by atoms with Crippen LogP contribution in [0.25, 0.3) is 10.9 Å². The predicted octanol–water partition coefficient (Wildman–Crippen LogP) is 3.56. The van der Waals surface area contributed by atoms with Gasteiger partial charge < -0.3 is 9.47 Å². The first-order chi connectivity index (χ1) is 11.7. The van der Waals surface area contributed by atoms with Crippen molar-refractivity contribution in [3.05, 3.63) is 46.2 Å². The summed E-state index contributed by atoms with van der Waals surface area (Å²) in [4.78, 5) is 4.36. The Morgan fingerprint density at radius 1 is 1.38 bits per heavy atom. The van der Waals surface area contributed by atoms with Gasteiger partial charge in [0.05, 0.1) is 29.3 Å². The summed E-state index contributed by atoms with van der Waals surface area (Å²) in [5, 5.41) is 17.1. The van der Waals surface area contributed by atoms with Crippen molar-refractivity contribution in [2.75, 3.05) is 7.11 Å². The lowest BCUT2D eigenvalue weighted by molar-refractivity contribution is 0.203. The lowest BCUT2D eigenvalue weighted by atomic mass is 10.1. The fourth-order valence-electron chi connectivity index (χ4n) is 3.00. The average molecular weight is 341 g/mol. The number of hydrogen-bond acceptors (Lipinski definition) is 5. The van der Waals surface area contributed by atoms with Crippen molar-refractivity contribution in [3.63, 3.8) is 0 Å². The van der Waals surface area contributed by atoms with Gasteiger partial charge in [-0.2, -0.15) is 5.26 Å². The highest BCUT2D eigenvalue weighted by molar-refractivity contribution is 6.30. The summed E-state index contributed by atoms with van der Waals surface area (Å²) in [6, 6.07) is 9.53. The summed E-state index contributed by atoms with van der Waals surface area (Å²) in [5.41, 5.74) is 3.10. The van der Waals surface area contributed by atoms with Crippen molar-refractivity contribution < 1.29 is 9.47 Å². The summed E-state index contributed by atoms with van der Waals surface area (Å²) in [6.07, 6.45) is 1.44. The number of halogens is 1. The molecule has 0 radical (unpaired) electrons. The van der Waals surface area contributed by atoms with Crippen LogP contribution in [0.1, 0.15) is 29.3 Å². The summed E-state index contributed by atoms with van der Waals surface area (Å²) in [6.45, 7) is 0. The van der Waals surface area contributed by atoms with Crippen LogP contribution in [0.4, 0.5) is 0 Å². The van der Waals surface area contributed by atoms with Gasteiger partial charge in [-0.25, -0.2) is 4.98 Å². The molecule has 2 aromatic heterocycles. The number of fused-ring (bicyclic) bond motifs is 2. The van der Waals surface area contributed by atoms with Crippen LogP contribution in [0.2, 0.25) is 5.15 Å². The van der Waals surface area contributed by atoms with Crippen LogP contribution < -0.4 is 9.47 Å². The Kier molecular flexibility index (Phi) is 3.51. The minimum atomic E-state index is -0.180. The first kappa shape index (κ1) is 14.8. The van der Waals surface area contributed by atoms with Gasteiger partial charge in [0, 0.05) is 0 Å². The maximum Gasteiger partial charge on any atom is 0.240 e. The van der Waals surface area contributed by atoms with Crippen molar-refractivity contribution in [3.8, 4) is 17.7 Å².